The van der Waals surface area contributed by atoms with E-state index in [9.17, 15) is 14.7 Å². The van der Waals surface area contributed by atoms with Crippen LogP contribution in [0.4, 0.5) is 0 Å². The maximum Gasteiger partial charge on any atom is 0.281 e. The highest BCUT2D eigenvalue weighted by Gasteiger charge is 2.39. The second-order valence-electron chi connectivity index (χ2n) is 9.07. The van der Waals surface area contributed by atoms with E-state index in [2.05, 4.69) is 15.5 Å². The molecule has 8 heteroatoms. The minimum atomic E-state index is -1.93. The number of nitrogens with one attached hydrogen (secondary N) is 1. The Morgan fingerprint density at radius 2 is 1.47 bits per heavy atom. The Balaban J connectivity index is 1.48. The van der Waals surface area contributed by atoms with Crippen molar-refractivity contribution in [2.75, 3.05) is 0 Å². The molecule has 0 aliphatic carbocycles. The molecule has 0 aliphatic rings. The van der Waals surface area contributed by atoms with Crippen LogP contribution in [0, 0.1) is 20.8 Å². The van der Waals surface area contributed by atoms with Crippen molar-refractivity contribution in [1.29, 1.82) is 0 Å². The molecule has 8 nitrogen and oxygen atoms in total. The Labute approximate surface area is 219 Å². The lowest BCUT2D eigenvalue weighted by Gasteiger charge is -2.27. The lowest BCUT2D eigenvalue weighted by Crippen LogP contribution is -2.43. The SMILES string of the molecule is Cc1cc(C=NNC(=O)C(O)(c2ccccc2)c2ccccc2)c(C)n1-n1c(C)nc2ccccc2c1=O. The third-order valence-corrected chi connectivity index (χ3v) is 6.63. The number of aliphatic hydroxyl groups is 1. The maximum absolute atomic E-state index is 13.3. The third-order valence-electron chi connectivity index (χ3n) is 6.63. The first-order valence-electron chi connectivity index (χ1n) is 12.2. The van der Waals surface area contributed by atoms with Crippen molar-refractivity contribution in [2.24, 2.45) is 5.10 Å². The quantitative estimate of drug-likeness (QED) is 0.271. The van der Waals surface area contributed by atoms with Crippen LogP contribution in [-0.4, -0.2) is 31.6 Å². The van der Waals surface area contributed by atoms with Crippen LogP contribution in [0.15, 0.2) is 101 Å². The fourth-order valence-corrected chi connectivity index (χ4v) is 4.72. The van der Waals surface area contributed by atoms with Crippen LogP contribution in [0.3, 0.4) is 0 Å². The number of aromatic nitrogens is 3. The van der Waals surface area contributed by atoms with Gasteiger partial charge in [0, 0.05) is 17.0 Å². The number of rotatable bonds is 6. The number of carbonyl (C=O) groups is 1. The molecule has 2 heterocycles. The largest absolute Gasteiger partial charge is 0.372 e. The number of benzene rings is 3. The van der Waals surface area contributed by atoms with Gasteiger partial charge in [-0.25, -0.2) is 10.4 Å². The van der Waals surface area contributed by atoms with Crippen molar-refractivity contribution >= 4 is 23.0 Å². The molecule has 0 spiro atoms. The van der Waals surface area contributed by atoms with Crippen LogP contribution in [0.25, 0.3) is 10.9 Å². The molecule has 1 amide bonds. The number of hydrogen-bond acceptors (Lipinski definition) is 5. The normalized spacial score (nSPS) is 11.8. The van der Waals surface area contributed by atoms with E-state index < -0.39 is 11.5 Å². The molecular weight excluding hydrogens is 478 g/mol. The van der Waals surface area contributed by atoms with Crippen LogP contribution in [0.1, 0.15) is 33.9 Å². The second-order valence-corrected chi connectivity index (χ2v) is 9.07. The van der Waals surface area contributed by atoms with Crippen molar-refractivity contribution in [2.45, 2.75) is 26.4 Å². The number of nitrogens with zero attached hydrogens (tertiary/aromatic N) is 4. The lowest BCUT2D eigenvalue weighted by atomic mass is 9.85. The number of para-hydroxylation sites is 1. The predicted molar refractivity (Wildman–Crippen MR) is 147 cm³/mol. The van der Waals surface area contributed by atoms with Gasteiger partial charge in [-0.15, -0.1) is 0 Å². The van der Waals surface area contributed by atoms with Gasteiger partial charge in [-0.1, -0.05) is 72.8 Å². The molecule has 5 rings (SSSR count). The number of hydrogen-bond donors (Lipinski definition) is 2. The van der Waals surface area contributed by atoms with Crippen molar-refractivity contribution in [3.05, 3.63) is 135 Å². The van der Waals surface area contributed by atoms with Gasteiger partial charge in [-0.2, -0.15) is 9.78 Å². The molecular formula is C30H27N5O3. The third kappa shape index (κ3) is 4.21. The minimum Gasteiger partial charge on any atom is -0.372 e. The Morgan fingerprint density at radius 1 is 0.895 bits per heavy atom. The number of aryl methyl sites for hydroxylation is 2. The summed E-state index contributed by atoms with van der Waals surface area (Å²) in [4.78, 5) is 31.2. The highest BCUT2D eigenvalue weighted by atomic mass is 16.3. The number of hydrazone groups is 1. The topological polar surface area (TPSA) is 102 Å². The monoisotopic (exact) mass is 505 g/mol. The van der Waals surface area contributed by atoms with E-state index in [1.807, 2.05) is 50.2 Å². The zero-order valence-electron chi connectivity index (χ0n) is 21.3. The van der Waals surface area contributed by atoms with Gasteiger partial charge < -0.3 is 5.11 Å². The Bertz CT molecular complexity index is 1680. The fourth-order valence-electron chi connectivity index (χ4n) is 4.72. The van der Waals surface area contributed by atoms with Gasteiger partial charge in [-0.3, -0.25) is 14.3 Å². The first-order valence-corrected chi connectivity index (χ1v) is 12.2. The van der Waals surface area contributed by atoms with Crippen LogP contribution in [-0.2, 0) is 10.4 Å². The molecule has 2 aromatic heterocycles. The van der Waals surface area contributed by atoms with E-state index >= 15 is 0 Å². The van der Waals surface area contributed by atoms with Gasteiger partial charge >= 0.3 is 0 Å². The molecule has 0 fully saturated rings. The molecule has 0 atom stereocenters. The molecule has 0 unspecified atom stereocenters. The average Bonchev–Trinajstić information content (AvgIpc) is 3.21. The maximum atomic E-state index is 13.3. The molecule has 2 N–H and O–H groups in total. The van der Waals surface area contributed by atoms with Gasteiger partial charge in [0.25, 0.3) is 11.5 Å². The molecule has 0 radical (unpaired) electrons. The van der Waals surface area contributed by atoms with Gasteiger partial charge in [-0.05, 0) is 50.1 Å². The highest BCUT2D eigenvalue weighted by Crippen LogP contribution is 2.29. The lowest BCUT2D eigenvalue weighted by molar-refractivity contribution is -0.136. The van der Waals surface area contributed by atoms with Crippen LogP contribution < -0.4 is 11.0 Å². The van der Waals surface area contributed by atoms with Gasteiger partial charge in [0.05, 0.1) is 17.1 Å². The molecule has 5 aromatic rings. The van der Waals surface area contributed by atoms with Gasteiger partial charge in [0.2, 0.25) is 0 Å². The summed E-state index contributed by atoms with van der Waals surface area (Å²) in [5.41, 5.74) is 4.12. The van der Waals surface area contributed by atoms with Crippen molar-refractivity contribution in [3.63, 3.8) is 0 Å². The van der Waals surface area contributed by atoms with Crippen molar-refractivity contribution in [1.82, 2.24) is 19.8 Å². The summed E-state index contributed by atoms with van der Waals surface area (Å²) in [7, 11) is 0. The number of fused-ring (bicyclic) bond motifs is 1. The van der Waals surface area contributed by atoms with E-state index in [1.165, 1.54) is 10.9 Å². The summed E-state index contributed by atoms with van der Waals surface area (Å²) in [6.45, 7) is 5.53. The minimum absolute atomic E-state index is 0.178. The smallest absolute Gasteiger partial charge is 0.281 e. The standard InChI is InChI=1S/C30H27N5O3/c1-20-18-23(21(2)34(20)35-22(3)32-27-17-11-10-16-26(27)28(35)36)19-31-33-29(37)30(38,24-12-6-4-7-13-24)25-14-8-5-9-15-25/h4-19,38H,1-3H3,(H,33,37). The first kappa shape index (κ1) is 24.9. The average molecular weight is 506 g/mol. The van der Waals surface area contributed by atoms with E-state index in [4.69, 9.17) is 0 Å². The predicted octanol–water partition coefficient (Wildman–Crippen LogP) is 3.82. The van der Waals surface area contributed by atoms with Crippen LogP contribution >= 0.6 is 0 Å². The second kappa shape index (κ2) is 9.91. The molecule has 38 heavy (non-hydrogen) atoms. The summed E-state index contributed by atoms with van der Waals surface area (Å²) in [5, 5.41) is 16.3. The number of amides is 1. The molecule has 0 saturated carbocycles. The zero-order chi connectivity index (χ0) is 26.9. The van der Waals surface area contributed by atoms with E-state index in [1.54, 1.807) is 66.2 Å². The van der Waals surface area contributed by atoms with Gasteiger partial charge in [0.1, 0.15) is 5.82 Å². The Hall–Kier alpha value is -4.82. The number of carbonyl (C=O) groups excluding carboxylic acids is 1. The van der Waals surface area contributed by atoms with Crippen LogP contribution in [0.5, 0.6) is 0 Å². The van der Waals surface area contributed by atoms with Crippen molar-refractivity contribution < 1.29 is 9.90 Å². The highest BCUT2D eigenvalue weighted by molar-refractivity contribution is 5.91. The van der Waals surface area contributed by atoms with Gasteiger partial charge in [0.15, 0.2) is 5.60 Å². The molecule has 0 saturated heterocycles. The molecule has 190 valence electrons. The summed E-state index contributed by atoms with van der Waals surface area (Å²) in [5.74, 6) is -0.145. The fraction of sp³-hybridized carbons (Fsp3) is 0.133. The molecule has 0 aliphatic heterocycles. The van der Waals surface area contributed by atoms with E-state index in [-0.39, 0.29) is 5.56 Å². The van der Waals surface area contributed by atoms with E-state index in [0.29, 0.717) is 33.4 Å². The summed E-state index contributed by atoms with van der Waals surface area (Å²) < 4.78 is 3.32. The molecule has 0 bridgehead atoms. The zero-order valence-corrected chi connectivity index (χ0v) is 21.3. The van der Waals surface area contributed by atoms with E-state index in [0.717, 1.165) is 11.4 Å². The van der Waals surface area contributed by atoms with Crippen molar-refractivity contribution in [3.8, 4) is 0 Å². The summed E-state index contributed by atoms with van der Waals surface area (Å²) >= 11 is 0. The summed E-state index contributed by atoms with van der Waals surface area (Å²) in [6.07, 6.45) is 1.50. The summed E-state index contributed by atoms with van der Waals surface area (Å²) in [6, 6.07) is 26.6. The Kier molecular flexibility index (Phi) is 6.48. The first-order chi connectivity index (χ1) is 18.3. The Morgan fingerprint density at radius 3 is 2.11 bits per heavy atom. The molecule has 3 aromatic carbocycles. The van der Waals surface area contributed by atoms with Crippen LogP contribution in [0.2, 0.25) is 0 Å².